The van der Waals surface area contributed by atoms with Crippen molar-refractivity contribution in [1.82, 2.24) is 0 Å². The molecule has 0 bridgehead atoms. The minimum Gasteiger partial charge on any atom is -0.497 e. The molecule has 0 fully saturated rings. The van der Waals surface area contributed by atoms with Gasteiger partial charge in [0.05, 0.1) is 14.2 Å². The highest BCUT2D eigenvalue weighted by atomic mass is 16.5. The third kappa shape index (κ3) is 4.02. The number of carbonyl (C=O) groups excluding carboxylic acids is 1. The summed E-state index contributed by atoms with van der Waals surface area (Å²) in [6.45, 7) is 1.92. The fourth-order valence-electron chi connectivity index (χ4n) is 3.32. The highest BCUT2D eigenvalue weighted by molar-refractivity contribution is 5.95. The van der Waals surface area contributed by atoms with Crippen LogP contribution in [0, 0.1) is 6.92 Å². The van der Waals surface area contributed by atoms with Crippen LogP contribution >= 0.6 is 0 Å². The Labute approximate surface area is 177 Å². The molecule has 2 aromatic carbocycles. The number of benzene rings is 2. The Kier molecular flexibility index (Phi) is 5.49. The Hall–Kier alpha value is -4.00. The van der Waals surface area contributed by atoms with Gasteiger partial charge in [-0.1, -0.05) is 12.1 Å². The van der Waals surface area contributed by atoms with E-state index in [1.54, 1.807) is 13.2 Å². The summed E-state index contributed by atoms with van der Waals surface area (Å²) >= 11 is 0. The molecule has 0 radical (unpaired) electrons. The lowest BCUT2D eigenvalue weighted by Gasteiger charge is -2.12. The molecule has 7 heteroatoms. The third-order valence-electron chi connectivity index (χ3n) is 4.93. The molecule has 0 saturated heterocycles. The molecule has 0 aliphatic heterocycles. The molecule has 0 N–H and O–H groups in total. The zero-order valence-corrected chi connectivity index (χ0v) is 17.3. The number of hydrogen-bond acceptors (Lipinski definition) is 7. The number of esters is 1. The number of furan rings is 1. The predicted molar refractivity (Wildman–Crippen MR) is 114 cm³/mol. The topological polar surface area (TPSA) is 88.1 Å². The summed E-state index contributed by atoms with van der Waals surface area (Å²) in [5.41, 5.74) is 2.32. The maximum Gasteiger partial charge on any atom is 0.373 e. The summed E-state index contributed by atoms with van der Waals surface area (Å²) in [6, 6.07) is 15.8. The minimum absolute atomic E-state index is 0.103. The van der Waals surface area contributed by atoms with Gasteiger partial charge >= 0.3 is 11.6 Å². The van der Waals surface area contributed by atoms with Crippen LogP contribution in [-0.2, 0) is 11.3 Å². The summed E-state index contributed by atoms with van der Waals surface area (Å²) in [4.78, 5) is 23.8. The zero-order chi connectivity index (χ0) is 22.0. The second kappa shape index (κ2) is 8.39. The Bertz CT molecular complexity index is 1300. The highest BCUT2D eigenvalue weighted by Gasteiger charge is 2.15. The fraction of sp³-hybridized carbons (Fsp3) is 0.167. The number of aryl methyl sites for hydroxylation is 1. The summed E-state index contributed by atoms with van der Waals surface area (Å²) < 4.78 is 26.6. The van der Waals surface area contributed by atoms with E-state index >= 15 is 0 Å². The van der Waals surface area contributed by atoms with E-state index in [9.17, 15) is 9.59 Å². The van der Waals surface area contributed by atoms with Crippen molar-refractivity contribution in [2.45, 2.75) is 13.5 Å². The van der Waals surface area contributed by atoms with E-state index in [-0.39, 0.29) is 12.4 Å². The van der Waals surface area contributed by atoms with Crippen LogP contribution in [-0.4, -0.2) is 20.2 Å². The Balaban J connectivity index is 1.66. The van der Waals surface area contributed by atoms with Gasteiger partial charge in [0, 0.05) is 17.0 Å². The van der Waals surface area contributed by atoms with E-state index in [0.29, 0.717) is 22.7 Å². The summed E-state index contributed by atoms with van der Waals surface area (Å²) in [6.07, 6.45) is 0. The van der Waals surface area contributed by atoms with Crippen molar-refractivity contribution >= 4 is 16.9 Å². The van der Waals surface area contributed by atoms with Crippen LogP contribution in [0.2, 0.25) is 0 Å². The first-order valence-electron chi connectivity index (χ1n) is 9.52. The largest absolute Gasteiger partial charge is 0.497 e. The Morgan fingerprint density at radius 3 is 2.45 bits per heavy atom. The van der Waals surface area contributed by atoms with Gasteiger partial charge in [0.25, 0.3) is 0 Å². The lowest BCUT2D eigenvalue weighted by atomic mass is 10.00. The molecule has 158 valence electrons. The average molecular weight is 420 g/mol. The second-order valence-electron chi connectivity index (χ2n) is 6.82. The van der Waals surface area contributed by atoms with E-state index in [1.807, 2.05) is 43.3 Å². The Morgan fingerprint density at radius 1 is 0.968 bits per heavy atom. The molecule has 4 aromatic rings. The molecule has 0 atom stereocenters. The molecule has 0 saturated carbocycles. The van der Waals surface area contributed by atoms with Gasteiger partial charge in [-0.05, 0) is 54.4 Å². The monoisotopic (exact) mass is 420 g/mol. The van der Waals surface area contributed by atoms with Crippen molar-refractivity contribution in [3.8, 4) is 22.6 Å². The predicted octanol–water partition coefficient (Wildman–Crippen LogP) is 4.74. The molecule has 0 aliphatic carbocycles. The molecule has 2 aromatic heterocycles. The first-order chi connectivity index (χ1) is 15.0. The number of carbonyl (C=O) groups is 1. The zero-order valence-electron chi connectivity index (χ0n) is 17.3. The van der Waals surface area contributed by atoms with E-state index in [4.69, 9.17) is 18.3 Å². The van der Waals surface area contributed by atoms with Crippen LogP contribution in [0.4, 0.5) is 0 Å². The van der Waals surface area contributed by atoms with Crippen molar-refractivity contribution < 1.29 is 27.8 Å². The van der Waals surface area contributed by atoms with Gasteiger partial charge in [-0.2, -0.15) is 0 Å². The molecule has 7 nitrogen and oxygen atoms in total. The van der Waals surface area contributed by atoms with Gasteiger partial charge < -0.3 is 23.0 Å². The molecule has 0 unspecified atom stereocenters. The molecule has 0 amide bonds. The lowest BCUT2D eigenvalue weighted by Crippen LogP contribution is -2.02. The van der Waals surface area contributed by atoms with Gasteiger partial charge in [-0.3, -0.25) is 0 Å². The van der Waals surface area contributed by atoms with Crippen LogP contribution < -0.4 is 15.1 Å². The van der Waals surface area contributed by atoms with Gasteiger partial charge in [-0.15, -0.1) is 0 Å². The molecule has 2 heterocycles. The van der Waals surface area contributed by atoms with Gasteiger partial charge in [0.2, 0.25) is 5.76 Å². The van der Waals surface area contributed by atoms with Crippen molar-refractivity contribution in [3.05, 3.63) is 82.1 Å². The van der Waals surface area contributed by atoms with Crippen molar-refractivity contribution in [2.24, 2.45) is 0 Å². The third-order valence-corrected chi connectivity index (χ3v) is 4.93. The number of ether oxygens (including phenoxy) is 3. The average Bonchev–Trinajstić information content (AvgIpc) is 3.27. The minimum atomic E-state index is -0.555. The first-order valence-corrected chi connectivity index (χ1v) is 9.52. The Morgan fingerprint density at radius 2 is 1.74 bits per heavy atom. The lowest BCUT2D eigenvalue weighted by molar-refractivity contribution is 0.0561. The van der Waals surface area contributed by atoms with E-state index in [2.05, 4.69) is 4.74 Å². The summed E-state index contributed by atoms with van der Waals surface area (Å²) in [7, 11) is 2.89. The highest BCUT2D eigenvalue weighted by Crippen LogP contribution is 2.34. The fourth-order valence-corrected chi connectivity index (χ4v) is 3.32. The number of fused-ring (bicyclic) bond motifs is 1. The van der Waals surface area contributed by atoms with Crippen LogP contribution in [0.5, 0.6) is 11.5 Å². The van der Waals surface area contributed by atoms with Crippen LogP contribution in [0.1, 0.15) is 21.9 Å². The van der Waals surface area contributed by atoms with Gasteiger partial charge in [0.1, 0.15) is 29.4 Å². The van der Waals surface area contributed by atoms with Crippen LogP contribution in [0.25, 0.3) is 22.1 Å². The van der Waals surface area contributed by atoms with Crippen LogP contribution in [0.15, 0.2) is 68.2 Å². The normalized spacial score (nSPS) is 10.8. The SMILES string of the molecule is COC(=O)c1ccc(COc2ccc3c(-c4ccc(OC)cc4)cc(=O)oc3c2C)o1. The summed E-state index contributed by atoms with van der Waals surface area (Å²) in [5.74, 6) is 1.29. The maximum absolute atomic E-state index is 12.2. The molecule has 31 heavy (non-hydrogen) atoms. The molecule has 4 rings (SSSR count). The number of rotatable bonds is 6. The number of hydrogen-bond donors (Lipinski definition) is 0. The number of methoxy groups -OCH3 is 2. The maximum atomic E-state index is 12.2. The standard InChI is InChI=1S/C24H20O7/c1-14-20(29-13-17-8-10-21(30-17)24(26)28-3)11-9-18-19(12-22(25)31-23(14)18)15-4-6-16(27-2)7-5-15/h4-12H,13H2,1-3H3. The summed E-state index contributed by atoms with van der Waals surface area (Å²) in [5, 5.41) is 0.792. The van der Waals surface area contributed by atoms with Crippen molar-refractivity contribution in [2.75, 3.05) is 14.2 Å². The van der Waals surface area contributed by atoms with Crippen molar-refractivity contribution in [1.29, 1.82) is 0 Å². The van der Waals surface area contributed by atoms with Gasteiger partial charge in [-0.25, -0.2) is 9.59 Å². The van der Waals surface area contributed by atoms with Gasteiger partial charge in [0.15, 0.2) is 0 Å². The molecular weight excluding hydrogens is 400 g/mol. The molecular formula is C24H20O7. The molecule has 0 spiro atoms. The quantitative estimate of drug-likeness (QED) is 0.329. The van der Waals surface area contributed by atoms with E-state index in [1.165, 1.54) is 19.2 Å². The van der Waals surface area contributed by atoms with Crippen LogP contribution in [0.3, 0.4) is 0 Å². The second-order valence-corrected chi connectivity index (χ2v) is 6.82. The molecule has 0 aliphatic rings. The van der Waals surface area contributed by atoms with E-state index < -0.39 is 11.6 Å². The van der Waals surface area contributed by atoms with Crippen molar-refractivity contribution in [3.63, 3.8) is 0 Å². The van der Waals surface area contributed by atoms with E-state index in [0.717, 1.165) is 22.3 Å². The first kappa shape index (κ1) is 20.3. The smallest absolute Gasteiger partial charge is 0.373 e.